The second-order valence-electron chi connectivity index (χ2n) is 4.01. The largest absolute Gasteiger partial charge is 0.321 e. The Labute approximate surface area is 142 Å². The van der Waals surface area contributed by atoms with Crippen LogP contribution in [-0.2, 0) is 0 Å². The van der Waals surface area contributed by atoms with Crippen molar-refractivity contribution in [2.75, 3.05) is 5.32 Å². The second-order valence-corrected chi connectivity index (χ2v) is 6.91. The van der Waals surface area contributed by atoms with Gasteiger partial charge in [-0.3, -0.25) is 4.79 Å². The van der Waals surface area contributed by atoms with Crippen LogP contribution in [0.15, 0.2) is 45.3 Å². The minimum Gasteiger partial charge on any atom is -0.321 e. The van der Waals surface area contributed by atoms with Crippen molar-refractivity contribution in [1.82, 2.24) is 0 Å². The van der Waals surface area contributed by atoms with E-state index >= 15 is 0 Å². The number of rotatable bonds is 2. The van der Waals surface area contributed by atoms with Crippen molar-refractivity contribution < 1.29 is 4.79 Å². The van der Waals surface area contributed by atoms with Crippen molar-refractivity contribution >= 4 is 66.0 Å². The molecule has 0 fully saturated rings. The van der Waals surface area contributed by atoms with Gasteiger partial charge < -0.3 is 5.32 Å². The molecule has 0 saturated heterocycles. The molecule has 98 valence electrons. The lowest BCUT2D eigenvalue weighted by atomic mass is 10.2. The summed E-state index contributed by atoms with van der Waals surface area (Å²) in [6.45, 7) is 1.99. The summed E-state index contributed by atoms with van der Waals surface area (Å²) >= 11 is 9.08. The average molecular weight is 495 g/mol. The number of hydrogen-bond donors (Lipinski definition) is 1. The molecule has 5 heteroatoms. The topological polar surface area (TPSA) is 29.1 Å². The highest BCUT2D eigenvalue weighted by atomic mass is 127. The van der Waals surface area contributed by atoms with Crippen molar-refractivity contribution in [2.24, 2.45) is 0 Å². The molecule has 0 aliphatic carbocycles. The van der Waals surface area contributed by atoms with Crippen LogP contribution >= 0.6 is 54.5 Å². The summed E-state index contributed by atoms with van der Waals surface area (Å²) in [5, 5.41) is 2.92. The molecule has 0 aliphatic rings. The Morgan fingerprint density at radius 3 is 2.68 bits per heavy atom. The van der Waals surface area contributed by atoms with Crippen LogP contribution < -0.4 is 5.32 Å². The Hall–Kier alpha value is -0.400. The lowest BCUT2D eigenvalue weighted by Crippen LogP contribution is -2.13. The zero-order valence-corrected chi connectivity index (χ0v) is 15.3. The molecule has 2 aromatic carbocycles. The molecule has 19 heavy (non-hydrogen) atoms. The first-order valence-corrected chi connectivity index (χ1v) is 8.17. The highest BCUT2D eigenvalue weighted by Gasteiger charge is 2.12. The predicted molar refractivity (Wildman–Crippen MR) is 93.7 cm³/mol. The quantitative estimate of drug-likeness (QED) is 0.558. The van der Waals surface area contributed by atoms with E-state index in [-0.39, 0.29) is 5.91 Å². The molecular formula is C14H10Br2INO. The summed E-state index contributed by atoms with van der Waals surface area (Å²) < 4.78 is 2.72. The van der Waals surface area contributed by atoms with E-state index in [1.807, 2.05) is 43.3 Å². The van der Waals surface area contributed by atoms with Gasteiger partial charge >= 0.3 is 0 Å². The highest BCUT2D eigenvalue weighted by molar-refractivity contribution is 14.1. The molecule has 1 amide bonds. The third-order valence-corrected chi connectivity index (χ3v) is 5.03. The van der Waals surface area contributed by atoms with Crippen LogP contribution in [-0.4, -0.2) is 5.91 Å². The summed E-state index contributed by atoms with van der Waals surface area (Å²) in [7, 11) is 0. The van der Waals surface area contributed by atoms with Crippen LogP contribution in [0.2, 0.25) is 0 Å². The van der Waals surface area contributed by atoms with Crippen LogP contribution in [0, 0.1) is 10.5 Å². The molecule has 0 saturated carbocycles. The number of nitrogens with one attached hydrogen (secondary N) is 1. The van der Waals surface area contributed by atoms with Crippen LogP contribution in [0.5, 0.6) is 0 Å². The van der Waals surface area contributed by atoms with Gasteiger partial charge in [-0.1, -0.05) is 12.1 Å². The molecule has 1 N–H and O–H groups in total. The summed E-state index contributed by atoms with van der Waals surface area (Å²) in [4.78, 5) is 12.3. The number of hydrogen-bond acceptors (Lipinski definition) is 1. The van der Waals surface area contributed by atoms with Crippen molar-refractivity contribution in [1.29, 1.82) is 0 Å². The van der Waals surface area contributed by atoms with Crippen molar-refractivity contribution in [3.05, 3.63) is 60.0 Å². The maximum absolute atomic E-state index is 12.3. The zero-order chi connectivity index (χ0) is 14.0. The Kier molecular flexibility index (Phi) is 5.03. The molecule has 0 aliphatic heterocycles. The van der Waals surface area contributed by atoms with E-state index in [4.69, 9.17) is 0 Å². The lowest BCUT2D eigenvalue weighted by molar-refractivity contribution is 0.102. The van der Waals surface area contributed by atoms with Gasteiger partial charge in [0.25, 0.3) is 5.91 Å². The van der Waals surface area contributed by atoms with E-state index in [1.165, 1.54) is 0 Å². The van der Waals surface area contributed by atoms with E-state index in [2.05, 4.69) is 59.8 Å². The minimum absolute atomic E-state index is 0.128. The molecular weight excluding hydrogens is 485 g/mol. The first-order valence-electron chi connectivity index (χ1n) is 5.50. The van der Waals surface area contributed by atoms with Crippen molar-refractivity contribution in [3.63, 3.8) is 0 Å². The maximum atomic E-state index is 12.3. The Morgan fingerprint density at radius 2 is 1.95 bits per heavy atom. The summed E-state index contributed by atoms with van der Waals surface area (Å²) in [6.07, 6.45) is 0. The number of carbonyl (C=O) groups is 1. The molecule has 0 atom stereocenters. The Morgan fingerprint density at radius 1 is 1.21 bits per heavy atom. The third-order valence-electron chi connectivity index (χ3n) is 2.61. The summed E-state index contributed by atoms with van der Waals surface area (Å²) in [5.41, 5.74) is 2.48. The molecule has 2 aromatic rings. The summed E-state index contributed by atoms with van der Waals surface area (Å²) in [5.74, 6) is -0.128. The van der Waals surface area contributed by atoms with Gasteiger partial charge in [0.05, 0.1) is 11.3 Å². The van der Waals surface area contributed by atoms with Gasteiger partial charge in [0.15, 0.2) is 0 Å². The van der Waals surface area contributed by atoms with Gasteiger partial charge in [0, 0.05) is 12.5 Å². The number of benzene rings is 2. The Bertz CT molecular complexity index is 643. The minimum atomic E-state index is -0.128. The normalized spacial score (nSPS) is 10.3. The maximum Gasteiger partial charge on any atom is 0.256 e. The third kappa shape index (κ3) is 3.58. The van der Waals surface area contributed by atoms with Gasteiger partial charge in [-0.15, -0.1) is 0 Å². The van der Waals surface area contributed by atoms with Gasteiger partial charge in [0.1, 0.15) is 0 Å². The molecule has 2 nitrogen and oxygen atoms in total. The predicted octanol–water partition coefficient (Wildman–Crippen LogP) is 5.38. The SMILES string of the molecule is Cc1cccc(NC(=O)c2cc(I)ccc2Br)c1Br. The monoisotopic (exact) mass is 493 g/mol. The fourth-order valence-corrected chi connectivity index (χ4v) is 2.89. The fraction of sp³-hybridized carbons (Fsp3) is 0.0714. The molecule has 0 spiro atoms. The van der Waals surface area contributed by atoms with Crippen molar-refractivity contribution in [2.45, 2.75) is 6.92 Å². The lowest BCUT2D eigenvalue weighted by Gasteiger charge is -2.10. The fourth-order valence-electron chi connectivity index (χ4n) is 1.61. The molecule has 0 heterocycles. The van der Waals surface area contributed by atoms with E-state index < -0.39 is 0 Å². The van der Waals surface area contributed by atoms with E-state index in [0.29, 0.717) is 5.56 Å². The number of anilines is 1. The number of aryl methyl sites for hydroxylation is 1. The van der Waals surface area contributed by atoms with E-state index in [9.17, 15) is 4.79 Å². The van der Waals surface area contributed by atoms with Gasteiger partial charge in [0.2, 0.25) is 0 Å². The molecule has 0 unspecified atom stereocenters. The van der Waals surface area contributed by atoms with Crippen LogP contribution in [0.4, 0.5) is 5.69 Å². The highest BCUT2D eigenvalue weighted by Crippen LogP contribution is 2.27. The number of halogens is 3. The van der Waals surface area contributed by atoms with Crippen molar-refractivity contribution in [3.8, 4) is 0 Å². The summed E-state index contributed by atoms with van der Waals surface area (Å²) in [6, 6.07) is 11.5. The van der Waals surface area contributed by atoms with Crippen LogP contribution in [0.25, 0.3) is 0 Å². The molecule has 0 radical (unpaired) electrons. The first-order chi connectivity index (χ1) is 8.99. The number of carbonyl (C=O) groups excluding carboxylic acids is 1. The second kappa shape index (κ2) is 6.37. The van der Waals surface area contributed by atoms with Gasteiger partial charge in [-0.05, 0) is 91.2 Å². The van der Waals surface area contributed by atoms with Gasteiger partial charge in [-0.25, -0.2) is 0 Å². The molecule has 0 aromatic heterocycles. The van der Waals surface area contributed by atoms with E-state index in [0.717, 1.165) is 23.8 Å². The average Bonchev–Trinajstić information content (AvgIpc) is 2.38. The first kappa shape index (κ1) is 15.0. The van der Waals surface area contributed by atoms with Gasteiger partial charge in [-0.2, -0.15) is 0 Å². The number of amides is 1. The Balaban J connectivity index is 2.31. The standard InChI is InChI=1S/C14H10Br2INO/c1-8-3-2-4-12(13(8)16)18-14(19)10-7-9(17)5-6-11(10)15/h2-7H,1H3,(H,18,19). The van der Waals surface area contributed by atoms with Crippen LogP contribution in [0.1, 0.15) is 15.9 Å². The molecule has 0 bridgehead atoms. The molecule has 2 rings (SSSR count). The van der Waals surface area contributed by atoms with E-state index in [1.54, 1.807) is 0 Å². The zero-order valence-electron chi connectivity index (χ0n) is 10.0. The van der Waals surface area contributed by atoms with Crippen LogP contribution in [0.3, 0.4) is 0 Å². The smallest absolute Gasteiger partial charge is 0.256 e.